The number of carbonyl (C=O) groups excluding carboxylic acids is 1. The van der Waals surface area contributed by atoms with Gasteiger partial charge >= 0.3 is 0 Å². The van der Waals surface area contributed by atoms with Crippen LogP contribution in [-0.2, 0) is 4.79 Å². The van der Waals surface area contributed by atoms with Gasteiger partial charge in [0.1, 0.15) is 0 Å². The van der Waals surface area contributed by atoms with Crippen LogP contribution in [0.2, 0.25) is 0 Å². The predicted molar refractivity (Wildman–Crippen MR) is 69.8 cm³/mol. The van der Waals surface area contributed by atoms with Crippen LogP contribution >= 0.6 is 0 Å². The first-order valence-corrected chi connectivity index (χ1v) is 7.06. The molecule has 1 amide bonds. The Kier molecular flexibility index (Phi) is 4.08. The minimum Gasteiger partial charge on any atom is -0.341 e. The molecule has 1 aliphatic heterocycles. The van der Waals surface area contributed by atoms with E-state index in [1.54, 1.807) is 0 Å². The minimum absolute atomic E-state index is 0.326. The second-order valence-corrected chi connectivity index (χ2v) is 6.08. The van der Waals surface area contributed by atoms with Crippen LogP contribution in [0.4, 0.5) is 0 Å². The molecule has 1 aliphatic carbocycles. The number of rotatable bonds is 4. The van der Waals surface area contributed by atoms with Crippen LogP contribution in [0.3, 0.4) is 0 Å². The van der Waals surface area contributed by atoms with E-state index in [1.165, 1.54) is 25.7 Å². The lowest BCUT2D eigenvalue weighted by molar-refractivity contribution is -0.134. The van der Waals surface area contributed by atoms with Crippen molar-refractivity contribution in [3.63, 3.8) is 0 Å². The molecule has 2 fully saturated rings. The zero-order valence-corrected chi connectivity index (χ0v) is 11.5. The van der Waals surface area contributed by atoms with E-state index in [0.717, 1.165) is 19.0 Å². The first-order chi connectivity index (χ1) is 8.08. The Morgan fingerprint density at radius 1 is 1.41 bits per heavy atom. The van der Waals surface area contributed by atoms with Gasteiger partial charge in [-0.3, -0.25) is 9.69 Å². The van der Waals surface area contributed by atoms with Crippen molar-refractivity contribution in [2.75, 3.05) is 26.7 Å². The van der Waals surface area contributed by atoms with Crippen LogP contribution in [0, 0.1) is 11.8 Å². The average Bonchev–Trinajstić information content (AvgIpc) is 3.11. The molecule has 2 atom stereocenters. The molecular weight excluding hydrogens is 212 g/mol. The van der Waals surface area contributed by atoms with Crippen molar-refractivity contribution in [1.29, 1.82) is 0 Å². The maximum atomic E-state index is 12.2. The van der Waals surface area contributed by atoms with Gasteiger partial charge in [-0.05, 0) is 51.5 Å². The molecule has 1 heterocycles. The van der Waals surface area contributed by atoms with Crippen molar-refractivity contribution in [2.45, 2.75) is 45.6 Å². The Balaban J connectivity index is 1.78. The first kappa shape index (κ1) is 12.9. The molecule has 3 heteroatoms. The fraction of sp³-hybridized carbons (Fsp3) is 0.929. The zero-order valence-electron chi connectivity index (χ0n) is 11.5. The molecular formula is C14H26N2O. The largest absolute Gasteiger partial charge is 0.341 e. The number of piperidine rings is 1. The fourth-order valence-electron chi connectivity index (χ4n) is 2.81. The smallest absolute Gasteiger partial charge is 0.236 e. The van der Waals surface area contributed by atoms with E-state index in [1.807, 2.05) is 0 Å². The summed E-state index contributed by atoms with van der Waals surface area (Å²) in [4.78, 5) is 16.5. The van der Waals surface area contributed by atoms with Crippen molar-refractivity contribution in [2.24, 2.45) is 11.8 Å². The topological polar surface area (TPSA) is 23.6 Å². The van der Waals surface area contributed by atoms with Gasteiger partial charge in [-0.2, -0.15) is 0 Å². The molecule has 1 saturated carbocycles. The van der Waals surface area contributed by atoms with Crippen LogP contribution in [-0.4, -0.2) is 48.4 Å². The molecule has 2 unspecified atom stereocenters. The monoisotopic (exact) mass is 238 g/mol. The molecule has 17 heavy (non-hydrogen) atoms. The number of hydrogen-bond donors (Lipinski definition) is 0. The second-order valence-electron chi connectivity index (χ2n) is 6.08. The summed E-state index contributed by atoms with van der Waals surface area (Å²) in [6, 6.07) is 0.571. The van der Waals surface area contributed by atoms with E-state index < -0.39 is 0 Å². The minimum atomic E-state index is 0.326. The quantitative estimate of drug-likeness (QED) is 0.747. The van der Waals surface area contributed by atoms with E-state index in [9.17, 15) is 4.79 Å². The van der Waals surface area contributed by atoms with Crippen molar-refractivity contribution in [1.82, 2.24) is 9.80 Å². The Labute approximate surface area is 105 Å². The third kappa shape index (κ3) is 3.44. The summed E-state index contributed by atoms with van der Waals surface area (Å²) in [5, 5.41) is 0. The van der Waals surface area contributed by atoms with Crippen LogP contribution in [0.5, 0.6) is 0 Å². The number of hydrogen-bond acceptors (Lipinski definition) is 2. The average molecular weight is 238 g/mol. The van der Waals surface area contributed by atoms with Gasteiger partial charge in [-0.25, -0.2) is 0 Å². The van der Waals surface area contributed by atoms with Crippen LogP contribution in [0.15, 0.2) is 0 Å². The molecule has 0 radical (unpaired) electrons. The van der Waals surface area contributed by atoms with Crippen molar-refractivity contribution >= 4 is 5.91 Å². The summed E-state index contributed by atoms with van der Waals surface area (Å²) in [5.74, 6) is 1.85. The lowest BCUT2D eigenvalue weighted by Crippen LogP contribution is -2.46. The van der Waals surface area contributed by atoms with Gasteiger partial charge in [0.2, 0.25) is 5.91 Å². The van der Waals surface area contributed by atoms with Crippen molar-refractivity contribution < 1.29 is 4.79 Å². The molecule has 0 aromatic carbocycles. The maximum absolute atomic E-state index is 12.2. The highest BCUT2D eigenvalue weighted by Gasteiger charge is 2.32. The highest BCUT2D eigenvalue weighted by molar-refractivity contribution is 5.78. The number of likely N-dealkylation sites (tertiary alicyclic amines) is 1. The summed E-state index contributed by atoms with van der Waals surface area (Å²) < 4.78 is 0. The normalized spacial score (nSPS) is 27.3. The summed E-state index contributed by atoms with van der Waals surface area (Å²) in [7, 11) is 2.09. The number of carbonyl (C=O) groups is 1. The maximum Gasteiger partial charge on any atom is 0.236 e. The number of amides is 1. The highest BCUT2D eigenvalue weighted by atomic mass is 16.2. The summed E-state index contributed by atoms with van der Waals surface area (Å²) >= 11 is 0. The van der Waals surface area contributed by atoms with Gasteiger partial charge in [-0.15, -0.1) is 0 Å². The van der Waals surface area contributed by atoms with Gasteiger partial charge in [0.05, 0.1) is 6.54 Å². The summed E-state index contributed by atoms with van der Waals surface area (Å²) in [6.45, 7) is 7.03. The van der Waals surface area contributed by atoms with E-state index in [0.29, 0.717) is 24.4 Å². The highest BCUT2D eigenvalue weighted by Crippen LogP contribution is 2.34. The Bertz CT molecular complexity index is 275. The molecule has 0 spiro atoms. The van der Waals surface area contributed by atoms with E-state index in [-0.39, 0.29) is 0 Å². The molecule has 3 nitrogen and oxygen atoms in total. The van der Waals surface area contributed by atoms with Gasteiger partial charge in [0, 0.05) is 19.1 Å². The molecule has 0 N–H and O–H groups in total. The zero-order chi connectivity index (χ0) is 12.4. The number of nitrogens with zero attached hydrogens (tertiary/aromatic N) is 2. The molecule has 0 aromatic rings. The van der Waals surface area contributed by atoms with Crippen LogP contribution in [0.25, 0.3) is 0 Å². The number of likely N-dealkylation sites (N-methyl/N-ethyl adjacent to an activating group) is 1. The Hall–Kier alpha value is -0.570. The van der Waals surface area contributed by atoms with Crippen molar-refractivity contribution in [3.8, 4) is 0 Å². The standard InChI is InChI=1S/C14H26N2O/c1-11-5-4-8-16(9-11)14(17)10-15(3)12(2)13-6-7-13/h11-13H,4-10H2,1-3H3. The molecule has 98 valence electrons. The lowest BCUT2D eigenvalue weighted by Gasteiger charge is -2.33. The molecule has 0 aromatic heterocycles. The lowest BCUT2D eigenvalue weighted by atomic mass is 10.0. The SMILES string of the molecule is CC1CCCN(C(=O)CN(C)C(C)C2CC2)C1. The van der Waals surface area contributed by atoms with E-state index >= 15 is 0 Å². The second kappa shape index (κ2) is 5.38. The summed E-state index contributed by atoms with van der Waals surface area (Å²) in [6.07, 6.45) is 5.15. The third-order valence-electron chi connectivity index (χ3n) is 4.39. The van der Waals surface area contributed by atoms with Crippen LogP contribution < -0.4 is 0 Å². The molecule has 0 bridgehead atoms. The predicted octanol–water partition coefficient (Wildman–Crippen LogP) is 1.98. The summed E-state index contributed by atoms with van der Waals surface area (Å²) in [5.41, 5.74) is 0. The molecule has 1 saturated heterocycles. The van der Waals surface area contributed by atoms with Gasteiger partial charge in [-0.1, -0.05) is 6.92 Å². The van der Waals surface area contributed by atoms with Gasteiger partial charge < -0.3 is 4.90 Å². The first-order valence-electron chi connectivity index (χ1n) is 7.06. The van der Waals surface area contributed by atoms with Gasteiger partial charge in [0.15, 0.2) is 0 Å². The van der Waals surface area contributed by atoms with Crippen molar-refractivity contribution in [3.05, 3.63) is 0 Å². The molecule has 2 aliphatic rings. The van der Waals surface area contributed by atoms with E-state index in [2.05, 4.69) is 30.7 Å². The Morgan fingerprint density at radius 3 is 2.71 bits per heavy atom. The van der Waals surface area contributed by atoms with Crippen LogP contribution in [0.1, 0.15) is 39.5 Å². The van der Waals surface area contributed by atoms with Gasteiger partial charge in [0.25, 0.3) is 0 Å². The molecule has 2 rings (SSSR count). The fourth-order valence-corrected chi connectivity index (χ4v) is 2.81. The third-order valence-corrected chi connectivity index (χ3v) is 4.39. The Morgan fingerprint density at radius 2 is 2.12 bits per heavy atom. The van der Waals surface area contributed by atoms with E-state index in [4.69, 9.17) is 0 Å².